The van der Waals surface area contributed by atoms with Crippen molar-refractivity contribution in [2.75, 3.05) is 5.32 Å². The molecule has 1 saturated carbocycles. The number of carbonyl (C=O) groups is 1. The zero-order valence-electron chi connectivity index (χ0n) is 20.9. The summed E-state index contributed by atoms with van der Waals surface area (Å²) >= 11 is 1.80. The van der Waals surface area contributed by atoms with E-state index in [-0.39, 0.29) is 11.8 Å². The monoisotopic (exact) mass is 518 g/mol. The Morgan fingerprint density at radius 2 is 1.89 bits per heavy atom. The van der Waals surface area contributed by atoms with Gasteiger partial charge in [-0.15, -0.1) is 11.3 Å². The van der Waals surface area contributed by atoms with Gasteiger partial charge in [-0.25, -0.2) is 0 Å². The Kier molecular flexibility index (Phi) is 5.55. The molecule has 1 aliphatic carbocycles. The molecule has 0 unspecified atom stereocenters. The fraction of sp³-hybridized carbons (Fsp3) is 0.200. The summed E-state index contributed by atoms with van der Waals surface area (Å²) in [6.07, 6.45) is 9.43. The van der Waals surface area contributed by atoms with Gasteiger partial charge in [0.05, 0.1) is 35.0 Å². The molecule has 0 atom stereocenters. The summed E-state index contributed by atoms with van der Waals surface area (Å²) in [5, 5.41) is 12.9. The van der Waals surface area contributed by atoms with Crippen LogP contribution in [0.3, 0.4) is 0 Å². The van der Waals surface area contributed by atoms with Crippen molar-refractivity contribution in [1.29, 1.82) is 0 Å². The van der Waals surface area contributed by atoms with Gasteiger partial charge in [0.1, 0.15) is 5.69 Å². The number of hydrogen-bond donors (Lipinski definition) is 3. The van der Waals surface area contributed by atoms with Gasteiger partial charge in [-0.3, -0.25) is 19.9 Å². The number of aromatic nitrogens is 5. The topological polar surface area (TPSA) is 99.3 Å². The molecule has 5 aromatic heterocycles. The van der Waals surface area contributed by atoms with E-state index in [0.29, 0.717) is 5.69 Å². The molecule has 1 aromatic carbocycles. The number of rotatable bonds is 5. The number of nitrogens with one attached hydrogen (secondary N) is 3. The Morgan fingerprint density at radius 3 is 2.74 bits per heavy atom. The van der Waals surface area contributed by atoms with Crippen LogP contribution in [0, 0.1) is 12.8 Å². The minimum Gasteiger partial charge on any atom is -0.353 e. The number of benzene rings is 1. The van der Waals surface area contributed by atoms with E-state index in [1.54, 1.807) is 29.9 Å². The highest BCUT2D eigenvalue weighted by Gasteiger charge is 2.23. The minimum atomic E-state index is 0.0814. The highest BCUT2D eigenvalue weighted by Crippen LogP contribution is 2.37. The molecule has 0 bridgehead atoms. The maximum absolute atomic E-state index is 12.6. The van der Waals surface area contributed by atoms with E-state index >= 15 is 0 Å². The second-order valence-electron chi connectivity index (χ2n) is 9.98. The molecule has 1 fully saturated rings. The van der Waals surface area contributed by atoms with E-state index in [9.17, 15) is 4.79 Å². The van der Waals surface area contributed by atoms with Crippen LogP contribution >= 0.6 is 11.3 Å². The van der Waals surface area contributed by atoms with Gasteiger partial charge < -0.3 is 10.3 Å². The Labute approximate surface area is 223 Å². The second kappa shape index (κ2) is 9.22. The number of hydrogen-bond acceptors (Lipinski definition) is 5. The summed E-state index contributed by atoms with van der Waals surface area (Å²) in [5.74, 6) is 0.181. The quantitative estimate of drug-likeness (QED) is 0.222. The highest BCUT2D eigenvalue weighted by atomic mass is 32.1. The number of aromatic amines is 2. The maximum atomic E-state index is 12.6. The number of amides is 1. The lowest BCUT2D eigenvalue weighted by Gasteiger charge is -2.11. The van der Waals surface area contributed by atoms with E-state index < -0.39 is 0 Å². The first kappa shape index (κ1) is 22.9. The van der Waals surface area contributed by atoms with Crippen LogP contribution in [-0.2, 0) is 4.79 Å². The Morgan fingerprint density at radius 1 is 1.00 bits per heavy atom. The average molecular weight is 519 g/mol. The summed E-state index contributed by atoms with van der Waals surface area (Å²) in [6.45, 7) is 2.13. The molecule has 188 valence electrons. The van der Waals surface area contributed by atoms with Crippen LogP contribution < -0.4 is 5.32 Å². The predicted molar refractivity (Wildman–Crippen MR) is 153 cm³/mol. The Hall–Kier alpha value is -4.30. The van der Waals surface area contributed by atoms with Gasteiger partial charge in [-0.05, 0) is 56.2 Å². The molecule has 1 aliphatic rings. The van der Waals surface area contributed by atoms with Crippen molar-refractivity contribution >= 4 is 44.7 Å². The van der Waals surface area contributed by atoms with Gasteiger partial charge in [0.25, 0.3) is 0 Å². The van der Waals surface area contributed by atoms with Crippen LogP contribution in [-0.4, -0.2) is 31.1 Å². The average Bonchev–Trinajstić information content (AvgIpc) is 3.74. The smallest absolute Gasteiger partial charge is 0.227 e. The Bertz CT molecular complexity index is 1810. The standard InChI is InChI=1S/C30H26N6OS/c1-17-9-10-28(38-17)21-7-4-8-24-22(21)12-26(34-24)29-23-13-25(32-16-27(23)35-36-29)19-11-20(15-31-14-19)33-30(37)18-5-2-3-6-18/h4,7-16,18,34H,2-3,5-6H2,1H3,(H,33,37)(H,35,36). The van der Waals surface area contributed by atoms with Crippen molar-refractivity contribution in [2.24, 2.45) is 5.92 Å². The van der Waals surface area contributed by atoms with Crippen molar-refractivity contribution < 1.29 is 4.79 Å². The van der Waals surface area contributed by atoms with E-state index in [1.807, 2.05) is 12.1 Å². The SMILES string of the molecule is Cc1ccc(-c2cccc3[nH]c(-c4n[nH]c5cnc(-c6cncc(NC(=O)C7CCCC7)c6)cc45)cc23)s1. The molecule has 0 aliphatic heterocycles. The number of pyridine rings is 2. The lowest BCUT2D eigenvalue weighted by molar-refractivity contribution is -0.119. The van der Waals surface area contributed by atoms with E-state index in [4.69, 9.17) is 0 Å². The first-order valence-corrected chi connectivity index (χ1v) is 13.7. The van der Waals surface area contributed by atoms with Gasteiger partial charge in [-0.2, -0.15) is 5.10 Å². The molecular formula is C30H26N6OS. The second-order valence-corrected chi connectivity index (χ2v) is 11.3. The zero-order valence-corrected chi connectivity index (χ0v) is 21.7. The summed E-state index contributed by atoms with van der Waals surface area (Å²) in [5.41, 5.74) is 7.24. The van der Waals surface area contributed by atoms with Crippen molar-refractivity contribution in [3.8, 4) is 33.1 Å². The van der Waals surface area contributed by atoms with Crippen molar-refractivity contribution in [1.82, 2.24) is 25.1 Å². The van der Waals surface area contributed by atoms with Gasteiger partial charge in [-0.1, -0.05) is 25.0 Å². The van der Waals surface area contributed by atoms with Crippen molar-refractivity contribution in [3.63, 3.8) is 0 Å². The summed E-state index contributed by atoms with van der Waals surface area (Å²) < 4.78 is 0. The predicted octanol–water partition coefficient (Wildman–Crippen LogP) is 7.33. The van der Waals surface area contributed by atoms with E-state index in [2.05, 4.69) is 73.8 Å². The third-order valence-electron chi connectivity index (χ3n) is 7.40. The maximum Gasteiger partial charge on any atom is 0.227 e. The van der Waals surface area contributed by atoms with Crippen LogP contribution in [0.25, 0.3) is 54.9 Å². The minimum absolute atomic E-state index is 0.0814. The summed E-state index contributed by atoms with van der Waals surface area (Å²) in [4.78, 5) is 27.8. The molecule has 7 rings (SSSR count). The number of carbonyl (C=O) groups excluding carboxylic acids is 1. The van der Waals surface area contributed by atoms with Crippen LogP contribution in [0.15, 0.2) is 67.1 Å². The normalized spacial score (nSPS) is 14.0. The third kappa shape index (κ3) is 4.07. The largest absolute Gasteiger partial charge is 0.353 e. The lowest BCUT2D eigenvalue weighted by atomic mass is 10.1. The number of H-pyrrole nitrogens is 2. The molecular weight excluding hydrogens is 492 g/mol. The van der Waals surface area contributed by atoms with Gasteiger partial charge in [0.15, 0.2) is 0 Å². The Balaban J connectivity index is 1.24. The van der Waals surface area contributed by atoms with Crippen molar-refractivity contribution in [2.45, 2.75) is 32.6 Å². The molecule has 0 saturated heterocycles. The fourth-order valence-corrected chi connectivity index (χ4v) is 6.34. The molecule has 0 radical (unpaired) electrons. The van der Waals surface area contributed by atoms with Crippen LogP contribution in [0.2, 0.25) is 0 Å². The number of nitrogens with zero attached hydrogens (tertiary/aromatic N) is 3. The lowest BCUT2D eigenvalue weighted by Crippen LogP contribution is -2.20. The number of anilines is 1. The van der Waals surface area contributed by atoms with Crippen LogP contribution in [0.1, 0.15) is 30.6 Å². The zero-order chi connectivity index (χ0) is 25.6. The van der Waals surface area contributed by atoms with Crippen molar-refractivity contribution in [3.05, 3.63) is 72.0 Å². The molecule has 8 heteroatoms. The van der Waals surface area contributed by atoms with Crippen LogP contribution in [0.4, 0.5) is 5.69 Å². The molecule has 0 spiro atoms. The highest BCUT2D eigenvalue weighted by molar-refractivity contribution is 7.15. The molecule has 3 N–H and O–H groups in total. The molecule has 5 heterocycles. The number of aryl methyl sites for hydroxylation is 1. The van der Waals surface area contributed by atoms with E-state index in [1.165, 1.54) is 20.7 Å². The molecule has 1 amide bonds. The number of fused-ring (bicyclic) bond motifs is 2. The number of thiophene rings is 1. The molecule has 38 heavy (non-hydrogen) atoms. The van der Waals surface area contributed by atoms with Gasteiger partial charge in [0.2, 0.25) is 5.91 Å². The summed E-state index contributed by atoms with van der Waals surface area (Å²) in [7, 11) is 0. The van der Waals surface area contributed by atoms with Crippen LogP contribution in [0.5, 0.6) is 0 Å². The van der Waals surface area contributed by atoms with E-state index in [0.717, 1.165) is 64.7 Å². The first-order chi connectivity index (χ1) is 18.6. The molecule has 6 aromatic rings. The van der Waals surface area contributed by atoms with Gasteiger partial charge in [0, 0.05) is 49.3 Å². The first-order valence-electron chi connectivity index (χ1n) is 12.9. The molecule has 7 nitrogen and oxygen atoms in total. The van der Waals surface area contributed by atoms with Gasteiger partial charge >= 0.3 is 0 Å². The summed E-state index contributed by atoms with van der Waals surface area (Å²) in [6, 6.07) is 16.8. The third-order valence-corrected chi connectivity index (χ3v) is 8.43. The fourth-order valence-electron chi connectivity index (χ4n) is 5.44.